The van der Waals surface area contributed by atoms with Crippen molar-refractivity contribution in [2.24, 2.45) is 0 Å². The van der Waals surface area contributed by atoms with Crippen molar-refractivity contribution < 1.29 is 13.2 Å². The van der Waals surface area contributed by atoms with E-state index in [1.54, 1.807) is 36.4 Å². The second kappa shape index (κ2) is 7.91. The molecule has 1 amide bonds. The van der Waals surface area contributed by atoms with E-state index < -0.39 is 10.0 Å². The van der Waals surface area contributed by atoms with E-state index in [2.05, 4.69) is 4.72 Å². The third-order valence-corrected chi connectivity index (χ3v) is 6.07. The summed E-state index contributed by atoms with van der Waals surface area (Å²) < 4.78 is 27.5. The minimum absolute atomic E-state index is 0.00858. The molecule has 2 aromatic rings. The van der Waals surface area contributed by atoms with Gasteiger partial charge >= 0.3 is 0 Å². The quantitative estimate of drug-likeness (QED) is 0.871. The van der Waals surface area contributed by atoms with Crippen LogP contribution in [0.3, 0.4) is 0 Å². The average Bonchev–Trinajstić information content (AvgIpc) is 2.68. The Morgan fingerprint density at radius 3 is 2.15 bits per heavy atom. The van der Waals surface area contributed by atoms with E-state index in [1.807, 2.05) is 24.0 Å². The fraction of sp³-hybridized carbons (Fsp3) is 0.350. The van der Waals surface area contributed by atoms with Crippen LogP contribution in [0.4, 0.5) is 5.69 Å². The average molecular weight is 372 g/mol. The zero-order valence-electron chi connectivity index (χ0n) is 14.9. The summed E-state index contributed by atoms with van der Waals surface area (Å²) in [6.07, 6.45) is 4.12. The number of amides is 1. The number of rotatable bonds is 5. The molecule has 1 aliphatic heterocycles. The van der Waals surface area contributed by atoms with Crippen LogP contribution in [0.1, 0.15) is 42.1 Å². The highest BCUT2D eigenvalue weighted by molar-refractivity contribution is 7.92. The number of benzene rings is 2. The van der Waals surface area contributed by atoms with E-state index in [4.69, 9.17) is 0 Å². The SMILES string of the molecule is CCc1ccc(S(=O)(=O)Nc2ccc(C(=O)N3CCCCC3)cc2)cc1. The second-order valence-corrected chi connectivity index (χ2v) is 8.22. The van der Waals surface area contributed by atoms with Crippen molar-refractivity contribution in [2.45, 2.75) is 37.5 Å². The fourth-order valence-electron chi connectivity index (χ4n) is 3.08. The molecule has 0 bridgehead atoms. The molecule has 1 heterocycles. The summed E-state index contributed by atoms with van der Waals surface area (Å²) in [6, 6.07) is 13.5. The molecular weight excluding hydrogens is 348 g/mol. The van der Waals surface area contributed by atoms with Gasteiger partial charge in [-0.05, 0) is 67.6 Å². The van der Waals surface area contributed by atoms with Crippen LogP contribution in [-0.4, -0.2) is 32.3 Å². The number of nitrogens with zero attached hydrogens (tertiary/aromatic N) is 1. The Bertz CT molecular complexity index is 853. The number of likely N-dealkylation sites (tertiary alicyclic amines) is 1. The molecule has 138 valence electrons. The van der Waals surface area contributed by atoms with E-state index >= 15 is 0 Å². The first-order valence-corrected chi connectivity index (χ1v) is 10.5. The van der Waals surface area contributed by atoms with Gasteiger partial charge in [0.15, 0.2) is 0 Å². The van der Waals surface area contributed by atoms with Crippen LogP contribution in [0.25, 0.3) is 0 Å². The first-order valence-electron chi connectivity index (χ1n) is 9.01. The highest BCUT2D eigenvalue weighted by Gasteiger charge is 2.19. The Kier molecular flexibility index (Phi) is 5.61. The molecule has 3 rings (SSSR count). The molecule has 1 aliphatic rings. The molecule has 0 radical (unpaired) electrons. The molecule has 26 heavy (non-hydrogen) atoms. The lowest BCUT2D eigenvalue weighted by molar-refractivity contribution is 0.0724. The van der Waals surface area contributed by atoms with E-state index in [0.29, 0.717) is 11.3 Å². The molecule has 6 heteroatoms. The normalized spacial score (nSPS) is 14.9. The van der Waals surface area contributed by atoms with Crippen molar-refractivity contribution >= 4 is 21.6 Å². The van der Waals surface area contributed by atoms with Crippen molar-refractivity contribution in [1.29, 1.82) is 0 Å². The van der Waals surface area contributed by atoms with Crippen LogP contribution < -0.4 is 4.72 Å². The molecular formula is C20H24N2O3S. The van der Waals surface area contributed by atoms with Gasteiger partial charge in [-0.1, -0.05) is 19.1 Å². The van der Waals surface area contributed by atoms with Crippen molar-refractivity contribution in [3.8, 4) is 0 Å². The highest BCUT2D eigenvalue weighted by Crippen LogP contribution is 2.19. The van der Waals surface area contributed by atoms with Crippen molar-refractivity contribution in [2.75, 3.05) is 17.8 Å². The lowest BCUT2D eigenvalue weighted by Gasteiger charge is -2.26. The number of nitrogens with one attached hydrogen (secondary N) is 1. The predicted octanol–water partition coefficient (Wildman–Crippen LogP) is 3.68. The van der Waals surface area contributed by atoms with E-state index in [-0.39, 0.29) is 10.8 Å². The second-order valence-electron chi connectivity index (χ2n) is 6.53. The monoisotopic (exact) mass is 372 g/mol. The number of carbonyl (C=O) groups excluding carboxylic acids is 1. The first-order chi connectivity index (χ1) is 12.5. The number of hydrogen-bond donors (Lipinski definition) is 1. The number of hydrogen-bond acceptors (Lipinski definition) is 3. The zero-order valence-corrected chi connectivity index (χ0v) is 15.8. The summed E-state index contributed by atoms with van der Waals surface area (Å²) in [4.78, 5) is 14.5. The standard InChI is InChI=1S/C20H24N2O3S/c1-2-16-6-12-19(13-7-16)26(24,25)21-18-10-8-17(9-11-18)20(23)22-14-4-3-5-15-22/h6-13,21H,2-5,14-15H2,1H3. The third kappa shape index (κ3) is 4.25. The zero-order chi connectivity index (χ0) is 18.6. The Labute approximate surface area is 155 Å². The van der Waals surface area contributed by atoms with Gasteiger partial charge in [0, 0.05) is 24.3 Å². The lowest BCUT2D eigenvalue weighted by Crippen LogP contribution is -2.35. The van der Waals surface area contributed by atoms with Crippen LogP contribution in [0, 0.1) is 0 Å². The van der Waals surface area contributed by atoms with Gasteiger partial charge in [0.2, 0.25) is 0 Å². The number of sulfonamides is 1. The first kappa shape index (κ1) is 18.5. The van der Waals surface area contributed by atoms with Crippen LogP contribution >= 0.6 is 0 Å². The Morgan fingerprint density at radius 2 is 1.58 bits per heavy atom. The van der Waals surface area contributed by atoms with Crippen molar-refractivity contribution in [1.82, 2.24) is 4.90 Å². The number of aryl methyl sites for hydroxylation is 1. The van der Waals surface area contributed by atoms with Gasteiger partial charge in [-0.3, -0.25) is 9.52 Å². The minimum Gasteiger partial charge on any atom is -0.339 e. The summed E-state index contributed by atoms with van der Waals surface area (Å²) in [5, 5.41) is 0. The Hall–Kier alpha value is -2.34. The summed E-state index contributed by atoms with van der Waals surface area (Å²) >= 11 is 0. The molecule has 5 nitrogen and oxygen atoms in total. The number of piperidine rings is 1. The van der Waals surface area contributed by atoms with Crippen LogP contribution in [-0.2, 0) is 16.4 Å². The maximum atomic E-state index is 12.5. The van der Waals surface area contributed by atoms with Gasteiger partial charge in [-0.25, -0.2) is 8.42 Å². The summed E-state index contributed by atoms with van der Waals surface area (Å²) in [5.74, 6) is 0.00858. The van der Waals surface area contributed by atoms with Crippen LogP contribution in [0.5, 0.6) is 0 Å². The van der Waals surface area contributed by atoms with Crippen molar-refractivity contribution in [3.63, 3.8) is 0 Å². The summed E-state index contributed by atoms with van der Waals surface area (Å²) in [7, 11) is -3.64. The van der Waals surface area contributed by atoms with Crippen LogP contribution in [0.15, 0.2) is 53.4 Å². The molecule has 0 aliphatic carbocycles. The Morgan fingerprint density at radius 1 is 0.962 bits per heavy atom. The largest absolute Gasteiger partial charge is 0.339 e. The molecule has 0 spiro atoms. The van der Waals surface area contributed by atoms with Gasteiger partial charge in [0.25, 0.3) is 15.9 Å². The fourth-order valence-corrected chi connectivity index (χ4v) is 4.14. The molecule has 0 aromatic heterocycles. The van der Waals surface area contributed by atoms with E-state index in [1.165, 1.54) is 6.42 Å². The van der Waals surface area contributed by atoms with Gasteiger partial charge in [0.05, 0.1) is 4.90 Å². The maximum Gasteiger partial charge on any atom is 0.261 e. The Balaban J connectivity index is 1.70. The van der Waals surface area contributed by atoms with Crippen LogP contribution in [0.2, 0.25) is 0 Å². The molecule has 0 unspecified atom stereocenters. The summed E-state index contributed by atoms with van der Waals surface area (Å²) in [6.45, 7) is 3.61. The predicted molar refractivity (Wildman–Crippen MR) is 103 cm³/mol. The third-order valence-electron chi connectivity index (χ3n) is 4.67. The van der Waals surface area contributed by atoms with Gasteiger partial charge in [0.1, 0.15) is 0 Å². The molecule has 1 fully saturated rings. The van der Waals surface area contributed by atoms with E-state index in [9.17, 15) is 13.2 Å². The molecule has 1 N–H and O–H groups in total. The minimum atomic E-state index is -3.64. The number of anilines is 1. The molecule has 2 aromatic carbocycles. The topological polar surface area (TPSA) is 66.5 Å². The van der Waals surface area contributed by atoms with E-state index in [0.717, 1.165) is 37.9 Å². The maximum absolute atomic E-state index is 12.5. The highest BCUT2D eigenvalue weighted by atomic mass is 32.2. The number of carbonyl (C=O) groups is 1. The molecule has 0 atom stereocenters. The lowest BCUT2D eigenvalue weighted by atomic mass is 10.1. The molecule has 1 saturated heterocycles. The van der Waals surface area contributed by atoms with Gasteiger partial charge in [-0.2, -0.15) is 0 Å². The smallest absolute Gasteiger partial charge is 0.261 e. The summed E-state index contributed by atoms with van der Waals surface area (Å²) in [5.41, 5.74) is 2.12. The molecule has 0 saturated carbocycles. The van der Waals surface area contributed by atoms with Crippen molar-refractivity contribution in [3.05, 3.63) is 59.7 Å². The van der Waals surface area contributed by atoms with Gasteiger partial charge < -0.3 is 4.90 Å². The van der Waals surface area contributed by atoms with Gasteiger partial charge in [-0.15, -0.1) is 0 Å².